The van der Waals surface area contributed by atoms with Gasteiger partial charge >= 0.3 is 12.1 Å². The van der Waals surface area contributed by atoms with Crippen LogP contribution in [0.4, 0.5) is 13.2 Å². The van der Waals surface area contributed by atoms with Gasteiger partial charge in [-0.1, -0.05) is 36.4 Å². The molecule has 2 aromatic rings. The number of halogens is 3. The number of rotatable bonds is 4. The first-order chi connectivity index (χ1) is 12.3. The molecule has 3 nitrogen and oxygen atoms in total. The fourth-order valence-electron chi connectivity index (χ4n) is 3.69. The molecule has 0 aliphatic carbocycles. The van der Waals surface area contributed by atoms with E-state index < -0.39 is 29.8 Å². The van der Waals surface area contributed by atoms with Crippen LogP contribution in [-0.4, -0.2) is 28.6 Å². The number of benzene rings is 2. The first-order valence-electron chi connectivity index (χ1n) is 8.50. The zero-order valence-corrected chi connectivity index (χ0v) is 14.3. The van der Waals surface area contributed by atoms with Gasteiger partial charge in [0.05, 0.1) is 11.6 Å². The molecule has 0 saturated carbocycles. The molecule has 1 fully saturated rings. The van der Waals surface area contributed by atoms with Gasteiger partial charge in [-0.15, -0.1) is 0 Å². The van der Waals surface area contributed by atoms with E-state index >= 15 is 0 Å². The third kappa shape index (κ3) is 3.60. The predicted octanol–water partition coefficient (Wildman–Crippen LogP) is 4.65. The molecule has 1 aliphatic heterocycles. The number of hydrogen-bond donors (Lipinski definition) is 1. The van der Waals surface area contributed by atoms with Gasteiger partial charge in [-0.2, -0.15) is 13.2 Å². The SMILES string of the molecule is Cc1ccccc1C(c1cccc(C(F)(F)F)c1)N1CCCC1C(=O)O. The number of nitrogens with zero attached hydrogens (tertiary/aromatic N) is 1. The smallest absolute Gasteiger partial charge is 0.416 e. The normalized spacial score (nSPS) is 19.5. The molecule has 1 saturated heterocycles. The Balaban J connectivity index is 2.13. The van der Waals surface area contributed by atoms with Crippen LogP contribution >= 0.6 is 0 Å². The number of hydrogen-bond acceptors (Lipinski definition) is 2. The van der Waals surface area contributed by atoms with Crippen LogP contribution in [0.25, 0.3) is 0 Å². The van der Waals surface area contributed by atoms with E-state index in [4.69, 9.17) is 0 Å². The van der Waals surface area contributed by atoms with Crippen LogP contribution in [-0.2, 0) is 11.0 Å². The van der Waals surface area contributed by atoms with Gasteiger partial charge in [0.25, 0.3) is 0 Å². The Hall–Kier alpha value is -2.34. The molecule has 1 N–H and O–H groups in total. The van der Waals surface area contributed by atoms with Crippen molar-refractivity contribution in [1.29, 1.82) is 0 Å². The molecule has 26 heavy (non-hydrogen) atoms. The number of likely N-dealkylation sites (tertiary alicyclic amines) is 1. The number of carboxylic acid groups (broad SMARTS) is 1. The Morgan fingerprint density at radius 3 is 2.58 bits per heavy atom. The largest absolute Gasteiger partial charge is 0.480 e. The van der Waals surface area contributed by atoms with Gasteiger partial charge in [-0.25, -0.2) is 0 Å². The minimum Gasteiger partial charge on any atom is -0.480 e. The molecule has 0 aromatic heterocycles. The summed E-state index contributed by atoms with van der Waals surface area (Å²) in [6, 6.07) is 11.4. The van der Waals surface area contributed by atoms with Gasteiger partial charge in [0.1, 0.15) is 6.04 Å². The summed E-state index contributed by atoms with van der Waals surface area (Å²) >= 11 is 0. The average Bonchev–Trinajstić information content (AvgIpc) is 3.06. The molecule has 1 heterocycles. The summed E-state index contributed by atoms with van der Waals surface area (Å²) in [5.41, 5.74) is 1.49. The molecule has 6 heteroatoms. The highest BCUT2D eigenvalue weighted by molar-refractivity contribution is 5.74. The van der Waals surface area contributed by atoms with E-state index in [1.54, 1.807) is 11.0 Å². The van der Waals surface area contributed by atoms with Crippen molar-refractivity contribution >= 4 is 5.97 Å². The number of carboxylic acids is 1. The minimum atomic E-state index is -4.44. The summed E-state index contributed by atoms with van der Waals surface area (Å²) < 4.78 is 39.6. The van der Waals surface area contributed by atoms with Crippen LogP contribution in [0.1, 0.15) is 41.1 Å². The van der Waals surface area contributed by atoms with Gasteiger partial charge in [-0.3, -0.25) is 9.69 Å². The first kappa shape index (κ1) is 18.5. The Morgan fingerprint density at radius 2 is 1.92 bits per heavy atom. The van der Waals surface area contributed by atoms with Crippen LogP contribution in [0.5, 0.6) is 0 Å². The summed E-state index contributed by atoms with van der Waals surface area (Å²) in [5.74, 6) is -0.937. The van der Waals surface area contributed by atoms with Crippen molar-refractivity contribution in [2.45, 2.75) is 38.0 Å². The highest BCUT2D eigenvalue weighted by atomic mass is 19.4. The zero-order chi connectivity index (χ0) is 18.9. The van der Waals surface area contributed by atoms with E-state index in [1.165, 1.54) is 6.07 Å². The topological polar surface area (TPSA) is 40.5 Å². The molecule has 2 atom stereocenters. The highest BCUT2D eigenvalue weighted by Gasteiger charge is 2.38. The van der Waals surface area contributed by atoms with Crippen LogP contribution in [0, 0.1) is 6.92 Å². The van der Waals surface area contributed by atoms with E-state index in [0.717, 1.165) is 23.3 Å². The lowest BCUT2D eigenvalue weighted by atomic mass is 9.92. The lowest BCUT2D eigenvalue weighted by Crippen LogP contribution is -2.39. The average molecular weight is 363 g/mol. The highest BCUT2D eigenvalue weighted by Crippen LogP contribution is 2.38. The second-order valence-electron chi connectivity index (χ2n) is 6.62. The van der Waals surface area contributed by atoms with Crippen molar-refractivity contribution in [3.63, 3.8) is 0 Å². The molecular weight excluding hydrogens is 343 g/mol. The number of aliphatic carboxylic acids is 1. The van der Waals surface area contributed by atoms with Crippen LogP contribution in [0.3, 0.4) is 0 Å². The molecule has 3 rings (SSSR count). The van der Waals surface area contributed by atoms with E-state index in [9.17, 15) is 23.1 Å². The number of aryl methyl sites for hydroxylation is 1. The maximum Gasteiger partial charge on any atom is 0.416 e. The van der Waals surface area contributed by atoms with E-state index in [2.05, 4.69) is 0 Å². The molecule has 0 radical (unpaired) electrons. The maximum absolute atomic E-state index is 13.2. The van der Waals surface area contributed by atoms with Crippen molar-refractivity contribution in [3.05, 3.63) is 70.8 Å². The molecular formula is C20H20F3NO2. The first-order valence-corrected chi connectivity index (χ1v) is 8.50. The predicted molar refractivity (Wildman–Crippen MR) is 91.8 cm³/mol. The lowest BCUT2D eigenvalue weighted by molar-refractivity contribution is -0.143. The third-order valence-corrected chi connectivity index (χ3v) is 4.92. The van der Waals surface area contributed by atoms with Gasteiger partial charge < -0.3 is 5.11 Å². The Labute approximate surface area is 150 Å². The van der Waals surface area contributed by atoms with Gasteiger partial charge in [-0.05, 0) is 48.6 Å². The van der Waals surface area contributed by atoms with Crippen molar-refractivity contribution in [3.8, 4) is 0 Å². The lowest BCUT2D eigenvalue weighted by Gasteiger charge is -2.33. The second kappa shape index (κ2) is 7.11. The van der Waals surface area contributed by atoms with E-state index in [-0.39, 0.29) is 0 Å². The fourth-order valence-corrected chi connectivity index (χ4v) is 3.69. The minimum absolute atomic E-state index is 0.460. The Morgan fingerprint density at radius 1 is 1.19 bits per heavy atom. The molecule has 138 valence electrons. The van der Waals surface area contributed by atoms with Crippen LogP contribution in [0.2, 0.25) is 0 Å². The van der Waals surface area contributed by atoms with Crippen molar-refractivity contribution < 1.29 is 23.1 Å². The number of alkyl halides is 3. The summed E-state index contributed by atoms with van der Waals surface area (Å²) in [5, 5.41) is 9.56. The molecule has 0 amide bonds. The van der Waals surface area contributed by atoms with Gasteiger partial charge in [0, 0.05) is 6.54 Å². The second-order valence-corrected chi connectivity index (χ2v) is 6.62. The summed E-state index contributed by atoms with van der Waals surface area (Å²) in [6.07, 6.45) is -3.24. The van der Waals surface area contributed by atoms with Crippen molar-refractivity contribution in [2.24, 2.45) is 0 Å². The number of carbonyl (C=O) groups is 1. The van der Waals surface area contributed by atoms with E-state index in [0.29, 0.717) is 24.9 Å². The zero-order valence-electron chi connectivity index (χ0n) is 14.3. The van der Waals surface area contributed by atoms with Crippen LogP contribution < -0.4 is 0 Å². The Kier molecular flexibility index (Phi) is 5.05. The third-order valence-electron chi connectivity index (χ3n) is 4.92. The van der Waals surface area contributed by atoms with Crippen molar-refractivity contribution in [1.82, 2.24) is 4.90 Å². The maximum atomic E-state index is 13.2. The molecule has 0 spiro atoms. The Bertz CT molecular complexity index is 804. The standard InChI is InChI=1S/C20H20F3NO2/c1-13-6-2-3-9-16(13)18(24-11-5-10-17(24)19(25)26)14-7-4-8-15(12-14)20(21,22)23/h2-4,6-9,12,17-18H,5,10-11H2,1H3,(H,25,26). The van der Waals surface area contributed by atoms with Crippen LogP contribution in [0.15, 0.2) is 48.5 Å². The molecule has 2 aromatic carbocycles. The van der Waals surface area contributed by atoms with Crippen molar-refractivity contribution in [2.75, 3.05) is 6.54 Å². The summed E-state index contributed by atoms with van der Waals surface area (Å²) in [6.45, 7) is 2.42. The molecule has 2 unspecified atom stereocenters. The monoisotopic (exact) mass is 363 g/mol. The summed E-state index contributed by atoms with van der Waals surface area (Å²) in [7, 11) is 0. The van der Waals surface area contributed by atoms with Gasteiger partial charge in [0.2, 0.25) is 0 Å². The van der Waals surface area contributed by atoms with E-state index in [1.807, 2.05) is 31.2 Å². The molecule has 1 aliphatic rings. The molecule has 0 bridgehead atoms. The summed E-state index contributed by atoms with van der Waals surface area (Å²) in [4.78, 5) is 13.5. The quantitative estimate of drug-likeness (QED) is 0.859. The fraction of sp³-hybridized carbons (Fsp3) is 0.350. The van der Waals surface area contributed by atoms with Gasteiger partial charge in [0.15, 0.2) is 0 Å².